The summed E-state index contributed by atoms with van der Waals surface area (Å²) in [5.74, 6) is 5.73. The van der Waals surface area contributed by atoms with Gasteiger partial charge in [0.2, 0.25) is 5.78 Å². The van der Waals surface area contributed by atoms with Crippen LogP contribution in [0, 0.1) is 11.8 Å². The Bertz CT molecular complexity index is 566. The van der Waals surface area contributed by atoms with Crippen LogP contribution in [0.5, 0.6) is 0 Å². The van der Waals surface area contributed by atoms with Crippen LogP contribution in [0.4, 0.5) is 0 Å². The van der Waals surface area contributed by atoms with Crippen LogP contribution in [0.1, 0.15) is 11.3 Å². The molecular formula is C15H10O2. The summed E-state index contributed by atoms with van der Waals surface area (Å²) >= 11 is 0. The first-order chi connectivity index (χ1) is 8.34. The highest BCUT2D eigenvalue weighted by molar-refractivity contribution is 6.06. The highest BCUT2D eigenvalue weighted by Crippen LogP contribution is 2.02. The van der Waals surface area contributed by atoms with Crippen LogP contribution in [0.15, 0.2) is 59.2 Å². The molecule has 0 atom stereocenters. The number of rotatable bonds is 2. The highest BCUT2D eigenvalue weighted by atomic mass is 16.3. The van der Waals surface area contributed by atoms with Crippen LogP contribution in [0.3, 0.4) is 0 Å². The van der Waals surface area contributed by atoms with E-state index >= 15 is 0 Å². The fourth-order valence-corrected chi connectivity index (χ4v) is 1.24. The third-order valence-electron chi connectivity index (χ3n) is 2.05. The molecule has 0 N–H and O–H groups in total. The Labute approximate surface area is 99.6 Å². The molecule has 2 aromatic rings. The normalized spacial score (nSPS) is 9.88. The van der Waals surface area contributed by atoms with E-state index in [1.165, 1.54) is 6.08 Å². The van der Waals surface area contributed by atoms with Crippen LogP contribution in [0.25, 0.3) is 6.08 Å². The van der Waals surface area contributed by atoms with Crippen molar-refractivity contribution >= 4 is 11.9 Å². The lowest BCUT2D eigenvalue weighted by Gasteiger charge is -1.85. The molecular weight excluding hydrogens is 212 g/mol. The van der Waals surface area contributed by atoms with Gasteiger partial charge in [0.25, 0.3) is 0 Å². The largest absolute Gasteiger partial charge is 0.465 e. The molecule has 0 aliphatic carbocycles. The predicted molar refractivity (Wildman–Crippen MR) is 66.1 cm³/mol. The average molecular weight is 222 g/mol. The lowest BCUT2D eigenvalue weighted by Crippen LogP contribution is -1.85. The zero-order valence-electron chi connectivity index (χ0n) is 9.09. The van der Waals surface area contributed by atoms with Crippen molar-refractivity contribution in [2.24, 2.45) is 0 Å². The van der Waals surface area contributed by atoms with E-state index in [0.717, 1.165) is 5.56 Å². The quantitative estimate of drug-likeness (QED) is 0.577. The standard InChI is InChI=1S/C15H10O2/c16-14(10-11-15-7-4-12-17-15)9-8-13-5-2-1-3-6-13/h1-7,10-12H. The summed E-state index contributed by atoms with van der Waals surface area (Å²) < 4.78 is 5.06. The summed E-state index contributed by atoms with van der Waals surface area (Å²) in [5.41, 5.74) is 0.826. The molecule has 82 valence electrons. The van der Waals surface area contributed by atoms with Crippen molar-refractivity contribution < 1.29 is 9.21 Å². The van der Waals surface area contributed by atoms with E-state index in [1.54, 1.807) is 24.5 Å². The van der Waals surface area contributed by atoms with Crippen molar-refractivity contribution in [2.45, 2.75) is 0 Å². The van der Waals surface area contributed by atoms with Gasteiger partial charge in [0, 0.05) is 5.56 Å². The van der Waals surface area contributed by atoms with E-state index in [0.29, 0.717) is 5.76 Å². The first kappa shape index (κ1) is 11.0. The number of ketones is 1. The van der Waals surface area contributed by atoms with E-state index in [9.17, 15) is 4.79 Å². The maximum absolute atomic E-state index is 11.4. The van der Waals surface area contributed by atoms with Crippen molar-refractivity contribution in [1.29, 1.82) is 0 Å². The topological polar surface area (TPSA) is 30.2 Å². The zero-order chi connectivity index (χ0) is 11.9. The number of allylic oxidation sites excluding steroid dienone is 1. The molecule has 0 amide bonds. The molecule has 0 spiro atoms. The van der Waals surface area contributed by atoms with E-state index < -0.39 is 0 Å². The molecule has 0 fully saturated rings. The average Bonchev–Trinajstić information content (AvgIpc) is 2.88. The summed E-state index contributed by atoms with van der Waals surface area (Å²) in [6, 6.07) is 12.9. The van der Waals surface area contributed by atoms with Gasteiger partial charge in [0.15, 0.2) is 0 Å². The SMILES string of the molecule is O=C(C#Cc1ccccc1)C=Cc1ccco1. The van der Waals surface area contributed by atoms with E-state index in [4.69, 9.17) is 4.42 Å². The molecule has 0 radical (unpaired) electrons. The molecule has 1 aromatic carbocycles. The molecule has 0 bridgehead atoms. The number of hydrogen-bond acceptors (Lipinski definition) is 2. The number of benzene rings is 1. The zero-order valence-corrected chi connectivity index (χ0v) is 9.09. The molecule has 0 aliphatic rings. The number of carbonyl (C=O) groups excluding carboxylic acids is 1. The van der Waals surface area contributed by atoms with Gasteiger partial charge >= 0.3 is 0 Å². The van der Waals surface area contributed by atoms with Crippen molar-refractivity contribution in [3.63, 3.8) is 0 Å². The second-order valence-corrected chi connectivity index (χ2v) is 3.33. The third kappa shape index (κ3) is 3.51. The Morgan fingerprint density at radius 3 is 2.65 bits per heavy atom. The second kappa shape index (κ2) is 5.53. The smallest absolute Gasteiger partial charge is 0.229 e. The van der Waals surface area contributed by atoms with Crippen molar-refractivity contribution in [3.8, 4) is 11.8 Å². The van der Waals surface area contributed by atoms with E-state index in [-0.39, 0.29) is 5.78 Å². The van der Waals surface area contributed by atoms with E-state index in [1.807, 2.05) is 30.3 Å². The molecule has 1 heterocycles. The molecule has 2 rings (SSSR count). The molecule has 0 aliphatic heterocycles. The van der Waals surface area contributed by atoms with Crippen molar-refractivity contribution in [1.82, 2.24) is 0 Å². The first-order valence-electron chi connectivity index (χ1n) is 5.17. The van der Waals surface area contributed by atoms with Gasteiger partial charge in [0.1, 0.15) is 5.76 Å². The van der Waals surface area contributed by atoms with Crippen LogP contribution >= 0.6 is 0 Å². The van der Waals surface area contributed by atoms with Gasteiger partial charge in [-0.3, -0.25) is 4.79 Å². The summed E-state index contributed by atoms with van der Waals surface area (Å²) in [6.07, 6.45) is 4.55. The number of furan rings is 1. The molecule has 2 nitrogen and oxygen atoms in total. The molecule has 0 saturated heterocycles. The lowest BCUT2D eigenvalue weighted by molar-refractivity contribution is -0.109. The fourth-order valence-electron chi connectivity index (χ4n) is 1.24. The maximum atomic E-state index is 11.4. The summed E-state index contributed by atoms with van der Waals surface area (Å²) in [7, 11) is 0. The van der Waals surface area contributed by atoms with Gasteiger partial charge in [-0.05, 0) is 42.3 Å². The van der Waals surface area contributed by atoms with Crippen LogP contribution in [-0.2, 0) is 4.79 Å². The van der Waals surface area contributed by atoms with Gasteiger partial charge < -0.3 is 4.42 Å². The molecule has 1 aromatic heterocycles. The third-order valence-corrected chi connectivity index (χ3v) is 2.05. The van der Waals surface area contributed by atoms with Gasteiger partial charge in [-0.25, -0.2) is 0 Å². The minimum atomic E-state index is -0.245. The minimum Gasteiger partial charge on any atom is -0.465 e. The molecule has 0 saturated carbocycles. The molecule has 0 unspecified atom stereocenters. The Morgan fingerprint density at radius 1 is 1.12 bits per heavy atom. The second-order valence-electron chi connectivity index (χ2n) is 3.33. The maximum Gasteiger partial charge on any atom is 0.229 e. The van der Waals surface area contributed by atoms with Crippen molar-refractivity contribution in [2.75, 3.05) is 0 Å². The number of carbonyl (C=O) groups is 1. The van der Waals surface area contributed by atoms with Crippen LogP contribution in [0.2, 0.25) is 0 Å². The Kier molecular flexibility index (Phi) is 3.57. The molecule has 17 heavy (non-hydrogen) atoms. The first-order valence-corrected chi connectivity index (χ1v) is 5.17. The molecule has 2 heteroatoms. The van der Waals surface area contributed by atoms with Crippen LogP contribution in [-0.4, -0.2) is 5.78 Å². The van der Waals surface area contributed by atoms with Gasteiger partial charge in [0.05, 0.1) is 6.26 Å². The summed E-state index contributed by atoms with van der Waals surface area (Å²) in [5, 5.41) is 0. The Morgan fingerprint density at radius 2 is 1.94 bits per heavy atom. The lowest BCUT2D eigenvalue weighted by atomic mass is 10.2. The van der Waals surface area contributed by atoms with Crippen LogP contribution < -0.4 is 0 Å². The highest BCUT2D eigenvalue weighted by Gasteiger charge is 1.91. The monoisotopic (exact) mass is 222 g/mol. The number of hydrogen-bond donors (Lipinski definition) is 0. The predicted octanol–water partition coefficient (Wildman–Crippen LogP) is 2.91. The van der Waals surface area contributed by atoms with Gasteiger partial charge in [-0.1, -0.05) is 24.1 Å². The van der Waals surface area contributed by atoms with Crippen molar-refractivity contribution in [3.05, 3.63) is 66.1 Å². The summed E-state index contributed by atoms with van der Waals surface area (Å²) in [6.45, 7) is 0. The van der Waals surface area contributed by atoms with Gasteiger partial charge in [-0.2, -0.15) is 0 Å². The Hall–Kier alpha value is -2.53. The summed E-state index contributed by atoms with van der Waals surface area (Å²) in [4.78, 5) is 11.4. The fraction of sp³-hybridized carbons (Fsp3) is 0. The van der Waals surface area contributed by atoms with Gasteiger partial charge in [-0.15, -0.1) is 0 Å². The Balaban J connectivity index is 2.01. The minimum absolute atomic E-state index is 0.245. The van der Waals surface area contributed by atoms with E-state index in [2.05, 4.69) is 11.8 Å².